The molecule has 110 valence electrons. The molecule has 0 saturated heterocycles. The third kappa shape index (κ3) is 5.34. The molecular weight excluding hydrogens is 254 g/mol. The predicted molar refractivity (Wildman–Crippen MR) is 80.3 cm³/mol. The molecule has 0 bridgehead atoms. The summed E-state index contributed by atoms with van der Waals surface area (Å²) >= 11 is 0. The first-order chi connectivity index (χ1) is 9.71. The van der Waals surface area contributed by atoms with Gasteiger partial charge in [-0.3, -0.25) is 4.79 Å². The van der Waals surface area contributed by atoms with Gasteiger partial charge in [-0.15, -0.1) is 0 Å². The number of aryl methyl sites for hydroxylation is 1. The van der Waals surface area contributed by atoms with Crippen LogP contribution in [-0.4, -0.2) is 25.7 Å². The summed E-state index contributed by atoms with van der Waals surface area (Å²) in [6, 6.07) is 5.77. The number of rotatable bonds is 9. The largest absolute Gasteiger partial charge is 0.490 e. The molecule has 4 heteroatoms. The Balaban J connectivity index is 2.70. The molecule has 0 radical (unpaired) electrons. The molecule has 1 aromatic carbocycles. The lowest BCUT2D eigenvalue weighted by molar-refractivity contribution is -0.120. The highest BCUT2D eigenvalue weighted by Crippen LogP contribution is 2.29. The zero-order valence-corrected chi connectivity index (χ0v) is 12.3. The van der Waals surface area contributed by atoms with E-state index < -0.39 is 0 Å². The standard InChI is InChI=1S/C16H23NO3/c1-4-11-20-14-9-7-13(12-15(14)19-6-3)8-10-16(18)17-5-2/h4,7,9,12H,1,5-6,8,10-11H2,2-3H3,(H,17,18). The van der Waals surface area contributed by atoms with E-state index in [1.54, 1.807) is 6.08 Å². The minimum absolute atomic E-state index is 0.0671. The summed E-state index contributed by atoms with van der Waals surface area (Å²) < 4.78 is 11.1. The number of hydrogen-bond acceptors (Lipinski definition) is 3. The van der Waals surface area contributed by atoms with E-state index in [1.807, 2.05) is 32.0 Å². The molecule has 0 saturated carbocycles. The summed E-state index contributed by atoms with van der Waals surface area (Å²) in [6.07, 6.45) is 2.86. The Labute approximate surface area is 120 Å². The van der Waals surface area contributed by atoms with E-state index in [9.17, 15) is 4.79 Å². The lowest BCUT2D eigenvalue weighted by atomic mass is 10.1. The van der Waals surface area contributed by atoms with Crippen LogP contribution in [0.25, 0.3) is 0 Å². The van der Waals surface area contributed by atoms with Gasteiger partial charge in [-0.1, -0.05) is 18.7 Å². The Morgan fingerprint density at radius 2 is 2.10 bits per heavy atom. The highest BCUT2D eigenvalue weighted by molar-refractivity contribution is 5.76. The highest BCUT2D eigenvalue weighted by Gasteiger charge is 2.07. The molecule has 0 unspecified atom stereocenters. The highest BCUT2D eigenvalue weighted by atomic mass is 16.5. The molecule has 1 N–H and O–H groups in total. The van der Waals surface area contributed by atoms with Crippen LogP contribution in [-0.2, 0) is 11.2 Å². The summed E-state index contributed by atoms with van der Waals surface area (Å²) in [7, 11) is 0. The molecule has 0 spiro atoms. The fraction of sp³-hybridized carbons (Fsp3) is 0.438. The Bertz CT molecular complexity index is 443. The maximum Gasteiger partial charge on any atom is 0.220 e. The number of carbonyl (C=O) groups excluding carboxylic acids is 1. The maximum absolute atomic E-state index is 11.5. The van der Waals surface area contributed by atoms with Crippen molar-refractivity contribution in [2.45, 2.75) is 26.7 Å². The fourth-order valence-corrected chi connectivity index (χ4v) is 1.79. The topological polar surface area (TPSA) is 47.6 Å². The van der Waals surface area contributed by atoms with Crippen LogP contribution in [0.4, 0.5) is 0 Å². The number of amides is 1. The van der Waals surface area contributed by atoms with Crippen molar-refractivity contribution in [3.8, 4) is 11.5 Å². The van der Waals surface area contributed by atoms with E-state index in [2.05, 4.69) is 11.9 Å². The zero-order chi connectivity index (χ0) is 14.8. The van der Waals surface area contributed by atoms with Crippen molar-refractivity contribution >= 4 is 5.91 Å². The first-order valence-electron chi connectivity index (χ1n) is 6.97. The smallest absolute Gasteiger partial charge is 0.220 e. The fourth-order valence-electron chi connectivity index (χ4n) is 1.79. The second-order valence-corrected chi connectivity index (χ2v) is 4.27. The summed E-state index contributed by atoms with van der Waals surface area (Å²) in [5.41, 5.74) is 1.06. The van der Waals surface area contributed by atoms with Gasteiger partial charge in [0.25, 0.3) is 0 Å². The second-order valence-electron chi connectivity index (χ2n) is 4.27. The molecule has 0 atom stereocenters. The van der Waals surface area contributed by atoms with Crippen molar-refractivity contribution in [2.24, 2.45) is 0 Å². The molecule has 1 aromatic rings. The Hall–Kier alpha value is -1.97. The Morgan fingerprint density at radius 1 is 1.30 bits per heavy atom. The van der Waals surface area contributed by atoms with Gasteiger partial charge in [0.2, 0.25) is 5.91 Å². The van der Waals surface area contributed by atoms with Gasteiger partial charge in [0.1, 0.15) is 6.61 Å². The van der Waals surface area contributed by atoms with E-state index >= 15 is 0 Å². The van der Waals surface area contributed by atoms with Crippen molar-refractivity contribution in [1.29, 1.82) is 0 Å². The quantitative estimate of drug-likeness (QED) is 0.706. The van der Waals surface area contributed by atoms with Crippen molar-refractivity contribution in [3.05, 3.63) is 36.4 Å². The van der Waals surface area contributed by atoms with Crippen LogP contribution in [0.5, 0.6) is 11.5 Å². The summed E-state index contributed by atoms with van der Waals surface area (Å²) in [5.74, 6) is 1.48. The number of carbonyl (C=O) groups is 1. The normalized spacial score (nSPS) is 9.90. The first-order valence-corrected chi connectivity index (χ1v) is 6.97. The van der Waals surface area contributed by atoms with Crippen molar-refractivity contribution in [3.63, 3.8) is 0 Å². The van der Waals surface area contributed by atoms with E-state index in [1.165, 1.54) is 0 Å². The average Bonchev–Trinajstić information content (AvgIpc) is 2.45. The molecule has 0 heterocycles. The van der Waals surface area contributed by atoms with Gasteiger partial charge in [-0.25, -0.2) is 0 Å². The minimum atomic E-state index is 0.0671. The van der Waals surface area contributed by atoms with E-state index in [4.69, 9.17) is 9.47 Å². The summed E-state index contributed by atoms with van der Waals surface area (Å²) in [5, 5.41) is 2.79. The summed E-state index contributed by atoms with van der Waals surface area (Å²) in [6.45, 7) is 9.15. The molecule has 0 aliphatic heterocycles. The van der Waals surface area contributed by atoms with E-state index in [0.717, 1.165) is 5.56 Å². The lowest BCUT2D eigenvalue weighted by Gasteiger charge is -2.12. The zero-order valence-electron chi connectivity index (χ0n) is 12.3. The van der Waals surface area contributed by atoms with Gasteiger partial charge in [0, 0.05) is 13.0 Å². The number of ether oxygens (including phenoxy) is 2. The van der Waals surface area contributed by atoms with Gasteiger partial charge in [0.15, 0.2) is 11.5 Å². The molecule has 0 aliphatic carbocycles. The van der Waals surface area contributed by atoms with Gasteiger partial charge in [0.05, 0.1) is 6.61 Å². The maximum atomic E-state index is 11.5. The molecule has 1 rings (SSSR count). The second kappa shape index (κ2) is 9.02. The molecule has 0 aliphatic rings. The van der Waals surface area contributed by atoms with Gasteiger partial charge < -0.3 is 14.8 Å². The predicted octanol–water partition coefficient (Wildman–Crippen LogP) is 2.72. The van der Waals surface area contributed by atoms with Crippen LogP contribution in [0.3, 0.4) is 0 Å². The van der Waals surface area contributed by atoms with Crippen LogP contribution in [0.2, 0.25) is 0 Å². The molecule has 4 nitrogen and oxygen atoms in total. The van der Waals surface area contributed by atoms with Crippen molar-refractivity contribution in [2.75, 3.05) is 19.8 Å². The van der Waals surface area contributed by atoms with E-state index in [-0.39, 0.29) is 5.91 Å². The number of hydrogen-bond donors (Lipinski definition) is 1. The van der Waals surface area contributed by atoms with Crippen molar-refractivity contribution < 1.29 is 14.3 Å². The van der Waals surface area contributed by atoms with Crippen LogP contribution >= 0.6 is 0 Å². The van der Waals surface area contributed by atoms with Crippen LogP contribution in [0, 0.1) is 0 Å². The lowest BCUT2D eigenvalue weighted by Crippen LogP contribution is -2.22. The number of nitrogens with one attached hydrogen (secondary N) is 1. The number of benzene rings is 1. The Kier molecular flexibility index (Phi) is 7.25. The van der Waals surface area contributed by atoms with Crippen LogP contribution in [0.1, 0.15) is 25.8 Å². The summed E-state index contributed by atoms with van der Waals surface area (Å²) in [4.78, 5) is 11.5. The van der Waals surface area contributed by atoms with Gasteiger partial charge >= 0.3 is 0 Å². The minimum Gasteiger partial charge on any atom is -0.490 e. The van der Waals surface area contributed by atoms with E-state index in [0.29, 0.717) is 44.1 Å². The molecule has 0 fully saturated rings. The van der Waals surface area contributed by atoms with Gasteiger partial charge in [-0.05, 0) is 38.0 Å². The van der Waals surface area contributed by atoms with Crippen LogP contribution in [0.15, 0.2) is 30.9 Å². The molecule has 20 heavy (non-hydrogen) atoms. The monoisotopic (exact) mass is 277 g/mol. The van der Waals surface area contributed by atoms with Gasteiger partial charge in [-0.2, -0.15) is 0 Å². The third-order valence-electron chi connectivity index (χ3n) is 2.68. The molecular formula is C16H23NO3. The SMILES string of the molecule is C=CCOc1ccc(CCC(=O)NCC)cc1OCC. The Morgan fingerprint density at radius 3 is 2.75 bits per heavy atom. The first kappa shape index (κ1) is 16.1. The third-order valence-corrected chi connectivity index (χ3v) is 2.68. The van der Waals surface area contributed by atoms with Crippen molar-refractivity contribution in [1.82, 2.24) is 5.32 Å². The molecule has 1 amide bonds. The average molecular weight is 277 g/mol. The molecule has 0 aromatic heterocycles. The van der Waals surface area contributed by atoms with Crippen LogP contribution < -0.4 is 14.8 Å².